The lowest BCUT2D eigenvalue weighted by Crippen LogP contribution is -2.32. The highest BCUT2D eigenvalue weighted by atomic mass is 35.5. The van der Waals surface area contributed by atoms with Crippen LogP contribution >= 0.6 is 11.6 Å². The molecule has 2 heterocycles. The van der Waals surface area contributed by atoms with Crippen LogP contribution in [0.5, 0.6) is 0 Å². The first-order valence-electron chi connectivity index (χ1n) is 6.76. The third kappa shape index (κ3) is 2.16. The fraction of sp³-hybridized carbons (Fsp3) is 0.467. The molecule has 0 aliphatic carbocycles. The summed E-state index contributed by atoms with van der Waals surface area (Å²) in [6, 6.07) is 3.94. The van der Waals surface area contributed by atoms with Crippen molar-refractivity contribution in [1.82, 2.24) is 0 Å². The van der Waals surface area contributed by atoms with Gasteiger partial charge in [0.25, 0.3) is 0 Å². The monoisotopic (exact) mass is 277 g/mol. The molecule has 0 bridgehead atoms. The van der Waals surface area contributed by atoms with E-state index in [1.165, 1.54) is 0 Å². The van der Waals surface area contributed by atoms with E-state index in [9.17, 15) is 9.59 Å². The lowest BCUT2D eigenvalue weighted by atomic mass is 9.94. The molecule has 1 aromatic carbocycles. The molecule has 100 valence electrons. The summed E-state index contributed by atoms with van der Waals surface area (Å²) in [5.74, 6) is 0.897. The Labute approximate surface area is 117 Å². The Hall–Kier alpha value is -1.35. The van der Waals surface area contributed by atoms with E-state index in [2.05, 4.69) is 0 Å². The molecule has 0 spiro atoms. The Morgan fingerprint density at radius 1 is 1.21 bits per heavy atom. The van der Waals surface area contributed by atoms with E-state index in [-0.39, 0.29) is 11.7 Å². The smallest absolute Gasteiger partial charge is 0.227 e. The number of hydrogen-bond donors (Lipinski definition) is 0. The van der Waals surface area contributed by atoms with E-state index in [1.54, 1.807) is 0 Å². The van der Waals surface area contributed by atoms with Crippen LogP contribution in [0.1, 0.15) is 40.7 Å². The third-order valence-electron chi connectivity index (χ3n) is 3.91. The fourth-order valence-electron chi connectivity index (χ4n) is 2.99. The molecule has 0 saturated heterocycles. The number of carbonyl (C=O) groups is 2. The molecule has 19 heavy (non-hydrogen) atoms. The predicted octanol–water partition coefficient (Wildman–Crippen LogP) is 2.72. The molecule has 0 fully saturated rings. The Bertz CT molecular complexity index is 553. The van der Waals surface area contributed by atoms with Crippen molar-refractivity contribution >= 4 is 29.0 Å². The molecule has 1 aromatic rings. The highest BCUT2D eigenvalue weighted by molar-refractivity contribution is 6.18. The zero-order chi connectivity index (χ0) is 13.4. The summed E-state index contributed by atoms with van der Waals surface area (Å²) in [5, 5.41) is 0. The Balaban J connectivity index is 1.95. The van der Waals surface area contributed by atoms with Crippen molar-refractivity contribution in [3.63, 3.8) is 0 Å². The van der Waals surface area contributed by atoms with Gasteiger partial charge in [-0.1, -0.05) is 0 Å². The zero-order valence-electron chi connectivity index (χ0n) is 10.7. The first kappa shape index (κ1) is 12.7. The van der Waals surface area contributed by atoms with Crippen LogP contribution in [0.15, 0.2) is 12.1 Å². The van der Waals surface area contributed by atoms with Crippen molar-refractivity contribution in [3.05, 3.63) is 28.8 Å². The molecule has 4 heteroatoms. The SMILES string of the molecule is O=C(CCCCl)c1cc2c3c(c1)CCN3C(=O)CC2. The Morgan fingerprint density at radius 2 is 1.95 bits per heavy atom. The minimum absolute atomic E-state index is 0.162. The van der Waals surface area contributed by atoms with Crippen LogP contribution in [-0.2, 0) is 17.6 Å². The first-order chi connectivity index (χ1) is 9.20. The van der Waals surface area contributed by atoms with Crippen LogP contribution in [0.3, 0.4) is 0 Å². The molecule has 1 amide bonds. The first-order valence-corrected chi connectivity index (χ1v) is 7.29. The average molecular weight is 278 g/mol. The third-order valence-corrected chi connectivity index (χ3v) is 4.18. The molecule has 0 aromatic heterocycles. The average Bonchev–Trinajstić information content (AvgIpc) is 2.85. The number of rotatable bonds is 4. The van der Waals surface area contributed by atoms with Crippen LogP contribution < -0.4 is 4.90 Å². The molecule has 2 aliphatic heterocycles. The normalized spacial score (nSPS) is 16.7. The molecule has 2 aliphatic rings. The van der Waals surface area contributed by atoms with E-state index in [0.29, 0.717) is 18.7 Å². The van der Waals surface area contributed by atoms with Crippen LogP contribution in [-0.4, -0.2) is 24.1 Å². The molecule has 0 unspecified atom stereocenters. The topological polar surface area (TPSA) is 37.4 Å². The maximum absolute atomic E-state index is 12.1. The molecule has 0 atom stereocenters. The van der Waals surface area contributed by atoms with Gasteiger partial charge in [-0.05, 0) is 42.5 Å². The van der Waals surface area contributed by atoms with Crippen molar-refractivity contribution in [3.8, 4) is 0 Å². The predicted molar refractivity (Wildman–Crippen MR) is 75.1 cm³/mol. The van der Waals surface area contributed by atoms with Gasteiger partial charge >= 0.3 is 0 Å². The summed E-state index contributed by atoms with van der Waals surface area (Å²) in [4.78, 5) is 25.8. The molecule has 3 rings (SSSR count). The van der Waals surface area contributed by atoms with Crippen molar-refractivity contribution in [2.45, 2.75) is 32.1 Å². The number of anilines is 1. The van der Waals surface area contributed by atoms with Gasteiger partial charge in [0, 0.05) is 30.8 Å². The van der Waals surface area contributed by atoms with E-state index in [1.807, 2.05) is 17.0 Å². The number of benzene rings is 1. The van der Waals surface area contributed by atoms with Crippen molar-refractivity contribution in [1.29, 1.82) is 0 Å². The molecule has 0 N–H and O–H groups in total. The van der Waals surface area contributed by atoms with E-state index < -0.39 is 0 Å². The number of ketones is 1. The standard InChI is InChI=1S/C15H16ClNO2/c16-6-1-2-13(18)12-8-10-3-4-14(19)17-7-5-11(9-12)15(10)17/h8-9H,1-7H2. The van der Waals surface area contributed by atoms with Crippen LogP contribution in [0.4, 0.5) is 5.69 Å². The summed E-state index contributed by atoms with van der Waals surface area (Å²) < 4.78 is 0. The van der Waals surface area contributed by atoms with Crippen LogP contribution in [0.2, 0.25) is 0 Å². The molecule has 0 saturated carbocycles. The minimum atomic E-state index is 0.162. The quantitative estimate of drug-likeness (QED) is 0.627. The van der Waals surface area contributed by atoms with Crippen LogP contribution in [0, 0.1) is 0 Å². The number of hydrogen-bond acceptors (Lipinski definition) is 2. The second-order valence-corrected chi connectivity index (χ2v) is 5.53. The van der Waals surface area contributed by atoms with Gasteiger partial charge in [0.1, 0.15) is 0 Å². The molecule has 3 nitrogen and oxygen atoms in total. The lowest BCUT2D eigenvalue weighted by molar-refractivity contribution is -0.118. The molecular weight excluding hydrogens is 262 g/mol. The maximum atomic E-state index is 12.1. The van der Waals surface area contributed by atoms with Crippen molar-refractivity contribution in [2.75, 3.05) is 17.3 Å². The van der Waals surface area contributed by atoms with Gasteiger partial charge in [0.2, 0.25) is 5.91 Å². The number of halogens is 1. The number of carbonyl (C=O) groups excluding carboxylic acids is 2. The number of alkyl halides is 1. The Kier molecular flexibility index (Phi) is 3.31. The highest BCUT2D eigenvalue weighted by Crippen LogP contribution is 2.37. The second-order valence-electron chi connectivity index (χ2n) is 5.15. The van der Waals surface area contributed by atoms with Gasteiger partial charge < -0.3 is 4.90 Å². The minimum Gasteiger partial charge on any atom is -0.312 e. The van der Waals surface area contributed by atoms with Gasteiger partial charge in [-0.3, -0.25) is 9.59 Å². The zero-order valence-corrected chi connectivity index (χ0v) is 11.5. The van der Waals surface area contributed by atoms with Gasteiger partial charge in [0.05, 0.1) is 5.69 Å². The fourth-order valence-corrected chi connectivity index (χ4v) is 3.12. The number of nitrogens with zero attached hydrogens (tertiary/aromatic N) is 1. The van der Waals surface area contributed by atoms with E-state index >= 15 is 0 Å². The van der Waals surface area contributed by atoms with Crippen molar-refractivity contribution < 1.29 is 9.59 Å². The second kappa shape index (κ2) is 4.97. The van der Waals surface area contributed by atoms with Gasteiger partial charge in [-0.15, -0.1) is 11.6 Å². The van der Waals surface area contributed by atoms with Gasteiger partial charge in [-0.25, -0.2) is 0 Å². The summed E-state index contributed by atoms with van der Waals surface area (Å²) in [5.41, 5.74) is 4.17. The summed E-state index contributed by atoms with van der Waals surface area (Å²) in [7, 11) is 0. The van der Waals surface area contributed by atoms with Crippen LogP contribution in [0.25, 0.3) is 0 Å². The summed E-state index contributed by atoms with van der Waals surface area (Å²) in [6.07, 6.45) is 3.41. The highest BCUT2D eigenvalue weighted by Gasteiger charge is 2.31. The number of aryl methyl sites for hydroxylation is 1. The largest absolute Gasteiger partial charge is 0.312 e. The lowest BCUT2D eigenvalue weighted by Gasteiger charge is -2.25. The van der Waals surface area contributed by atoms with E-state index in [0.717, 1.165) is 48.2 Å². The number of Topliss-reactive ketones (excluding diaryl/α,β-unsaturated/α-hetero) is 1. The molecular formula is C15H16ClNO2. The maximum Gasteiger partial charge on any atom is 0.227 e. The van der Waals surface area contributed by atoms with Gasteiger partial charge in [0.15, 0.2) is 5.78 Å². The van der Waals surface area contributed by atoms with Gasteiger partial charge in [-0.2, -0.15) is 0 Å². The summed E-state index contributed by atoms with van der Waals surface area (Å²) >= 11 is 5.63. The number of amides is 1. The Morgan fingerprint density at radius 3 is 2.68 bits per heavy atom. The van der Waals surface area contributed by atoms with Crippen molar-refractivity contribution in [2.24, 2.45) is 0 Å². The summed E-state index contributed by atoms with van der Waals surface area (Å²) in [6.45, 7) is 0.764. The molecule has 0 radical (unpaired) electrons. The van der Waals surface area contributed by atoms with E-state index in [4.69, 9.17) is 11.6 Å².